The van der Waals surface area contributed by atoms with Gasteiger partial charge in [-0.2, -0.15) is 0 Å². The Labute approximate surface area is 174 Å². The molecule has 3 aliphatic heterocycles. The van der Waals surface area contributed by atoms with Crippen molar-refractivity contribution in [3.8, 4) is 0 Å². The van der Waals surface area contributed by atoms with Crippen molar-refractivity contribution in [2.75, 3.05) is 33.2 Å². The van der Waals surface area contributed by atoms with Crippen molar-refractivity contribution >= 4 is 23.5 Å². The van der Waals surface area contributed by atoms with Crippen LogP contribution in [0.5, 0.6) is 0 Å². The van der Waals surface area contributed by atoms with Crippen molar-refractivity contribution in [1.29, 1.82) is 10.8 Å². The summed E-state index contributed by atoms with van der Waals surface area (Å²) in [6.07, 6.45) is 5.66. The highest BCUT2D eigenvalue weighted by Crippen LogP contribution is 2.31. The first-order chi connectivity index (χ1) is 13.8. The highest BCUT2D eigenvalue weighted by molar-refractivity contribution is 5.85. The van der Waals surface area contributed by atoms with E-state index in [-0.39, 0.29) is 5.92 Å². The van der Waals surface area contributed by atoms with Crippen LogP contribution < -0.4 is 0 Å². The van der Waals surface area contributed by atoms with Gasteiger partial charge in [-0.15, -0.1) is 0 Å². The second-order valence-corrected chi connectivity index (χ2v) is 8.99. The first-order valence-corrected chi connectivity index (χ1v) is 10.9. The minimum atomic E-state index is -0.867. The lowest BCUT2D eigenvalue weighted by atomic mass is 10.0. The Bertz CT molecular complexity index is 650. The summed E-state index contributed by atoms with van der Waals surface area (Å²) in [6, 6.07) is -0.292. The van der Waals surface area contributed by atoms with Gasteiger partial charge in [-0.05, 0) is 51.4 Å². The van der Waals surface area contributed by atoms with Gasteiger partial charge in [0.25, 0.3) is 0 Å². The third-order valence-corrected chi connectivity index (χ3v) is 6.79. The van der Waals surface area contributed by atoms with Crippen LogP contribution in [-0.2, 0) is 4.79 Å². The molecule has 0 amide bonds. The third kappa shape index (κ3) is 4.90. The topological polar surface area (TPSA) is 107 Å². The number of likely N-dealkylation sites (tertiary alicyclic amines) is 3. The van der Waals surface area contributed by atoms with Gasteiger partial charge in [0.1, 0.15) is 6.04 Å². The number of amidine groups is 3. The summed E-state index contributed by atoms with van der Waals surface area (Å²) in [5.41, 5.74) is 0. The maximum Gasteiger partial charge on any atom is 0.326 e. The van der Waals surface area contributed by atoms with E-state index in [9.17, 15) is 9.90 Å². The molecule has 162 valence electrons. The zero-order chi connectivity index (χ0) is 21.1. The second kappa shape index (κ2) is 9.13. The van der Waals surface area contributed by atoms with Crippen LogP contribution in [0.2, 0.25) is 0 Å². The molecule has 8 heteroatoms. The van der Waals surface area contributed by atoms with Crippen molar-refractivity contribution in [3.63, 3.8) is 0 Å². The normalized spacial score (nSPS) is 30.3. The van der Waals surface area contributed by atoms with Crippen LogP contribution in [-0.4, -0.2) is 88.6 Å². The second-order valence-electron chi connectivity index (χ2n) is 8.99. The highest BCUT2D eigenvalue weighted by atomic mass is 16.4. The summed E-state index contributed by atoms with van der Waals surface area (Å²) in [5.74, 6) is 1.90. The number of carboxylic acid groups (broad SMARTS) is 1. The van der Waals surface area contributed by atoms with Crippen molar-refractivity contribution in [3.05, 3.63) is 0 Å². The highest BCUT2D eigenvalue weighted by Gasteiger charge is 2.39. The van der Waals surface area contributed by atoms with E-state index >= 15 is 0 Å². The quantitative estimate of drug-likeness (QED) is 0.482. The van der Waals surface area contributed by atoms with E-state index < -0.39 is 12.0 Å². The molecule has 0 aromatic carbocycles. The summed E-state index contributed by atoms with van der Waals surface area (Å²) < 4.78 is 0. The Hall–Kier alpha value is -2.12. The molecule has 0 bridgehead atoms. The Kier molecular flexibility index (Phi) is 6.80. The first-order valence-electron chi connectivity index (χ1n) is 10.9. The molecule has 29 heavy (non-hydrogen) atoms. The van der Waals surface area contributed by atoms with Crippen molar-refractivity contribution in [1.82, 2.24) is 14.7 Å². The molecule has 0 saturated carbocycles. The molecule has 0 radical (unpaired) electrons. The number of rotatable bonds is 5. The van der Waals surface area contributed by atoms with Crippen LogP contribution in [0, 0.1) is 22.7 Å². The molecule has 8 nitrogen and oxygen atoms in total. The molecule has 3 fully saturated rings. The molecule has 0 aromatic heterocycles. The summed E-state index contributed by atoms with van der Waals surface area (Å²) in [5, 5.41) is 26.0. The fraction of sp³-hybridized carbons (Fsp3) is 0.810. The Morgan fingerprint density at radius 2 is 1.69 bits per heavy atom. The number of carbonyl (C=O) groups is 1. The monoisotopic (exact) mass is 404 g/mol. The van der Waals surface area contributed by atoms with Crippen LogP contribution in [0.1, 0.15) is 52.4 Å². The van der Waals surface area contributed by atoms with Gasteiger partial charge in [0.2, 0.25) is 0 Å². The van der Waals surface area contributed by atoms with Gasteiger partial charge >= 0.3 is 5.97 Å². The largest absolute Gasteiger partial charge is 0.480 e. The molecule has 3 saturated heterocycles. The third-order valence-electron chi connectivity index (χ3n) is 6.79. The minimum Gasteiger partial charge on any atom is -0.480 e. The number of carboxylic acids is 1. The number of aliphatic carboxylic acids is 1. The lowest BCUT2D eigenvalue weighted by molar-refractivity contribution is -0.140. The Morgan fingerprint density at radius 1 is 1.07 bits per heavy atom. The molecule has 3 heterocycles. The van der Waals surface area contributed by atoms with Gasteiger partial charge in [-0.25, -0.2) is 4.79 Å². The van der Waals surface area contributed by atoms with Crippen LogP contribution in [0.15, 0.2) is 4.99 Å². The Morgan fingerprint density at radius 3 is 2.24 bits per heavy atom. The fourth-order valence-electron chi connectivity index (χ4n) is 5.33. The van der Waals surface area contributed by atoms with Crippen LogP contribution in [0.25, 0.3) is 0 Å². The number of nitrogens with one attached hydrogen (secondary N) is 2. The first kappa shape index (κ1) is 21.6. The molecule has 3 aliphatic rings. The lowest BCUT2D eigenvalue weighted by Gasteiger charge is -2.26. The predicted octanol–water partition coefficient (Wildman–Crippen LogP) is 2.35. The molecular weight excluding hydrogens is 368 g/mol. The van der Waals surface area contributed by atoms with E-state index in [1.54, 1.807) is 11.8 Å². The van der Waals surface area contributed by atoms with E-state index in [4.69, 9.17) is 10.8 Å². The number of aliphatic imine (C=N–C) groups is 1. The van der Waals surface area contributed by atoms with Gasteiger partial charge in [0.15, 0.2) is 0 Å². The molecule has 0 aromatic rings. The van der Waals surface area contributed by atoms with E-state index in [1.165, 1.54) is 18.7 Å². The van der Waals surface area contributed by atoms with Gasteiger partial charge in [-0.1, -0.05) is 0 Å². The maximum absolute atomic E-state index is 11.5. The van der Waals surface area contributed by atoms with Gasteiger partial charge in [0.05, 0.1) is 17.5 Å². The predicted molar refractivity (Wildman–Crippen MR) is 115 cm³/mol. The summed E-state index contributed by atoms with van der Waals surface area (Å²) >= 11 is 0. The number of nitrogens with zero attached hydrogens (tertiary/aromatic N) is 4. The fourth-order valence-corrected chi connectivity index (χ4v) is 5.33. The molecule has 3 N–H and O–H groups in total. The standard InChI is InChI=1S/C21H36N6O2/c1-14-8-16(11-20(24-3)25-6-4-5-7-25)12-26(14)19(23)10-17-9-18(21(28)29)27(13-17)15(2)22/h14,16-18,22-23H,4-13H2,1-3H3,(H,28,29). The van der Waals surface area contributed by atoms with Gasteiger partial charge < -0.3 is 19.8 Å². The van der Waals surface area contributed by atoms with Gasteiger partial charge in [0, 0.05) is 52.1 Å². The smallest absolute Gasteiger partial charge is 0.326 e. The molecular formula is C21H36N6O2. The minimum absolute atomic E-state index is 0.118. The lowest BCUT2D eigenvalue weighted by Crippen LogP contribution is -2.38. The van der Waals surface area contributed by atoms with Crippen molar-refractivity contribution in [2.45, 2.75) is 64.5 Å². The van der Waals surface area contributed by atoms with Gasteiger partial charge in [-0.3, -0.25) is 15.8 Å². The van der Waals surface area contributed by atoms with Crippen LogP contribution in [0.4, 0.5) is 0 Å². The Balaban J connectivity index is 1.55. The molecule has 0 aliphatic carbocycles. The average molecular weight is 405 g/mol. The van der Waals surface area contributed by atoms with Crippen molar-refractivity contribution < 1.29 is 9.90 Å². The summed E-state index contributed by atoms with van der Waals surface area (Å²) in [7, 11) is 1.89. The zero-order valence-electron chi connectivity index (χ0n) is 18.0. The van der Waals surface area contributed by atoms with E-state index in [2.05, 4.69) is 21.7 Å². The molecule has 0 spiro atoms. The summed E-state index contributed by atoms with van der Waals surface area (Å²) in [6.45, 7) is 7.50. The molecule has 4 unspecified atom stereocenters. The summed E-state index contributed by atoms with van der Waals surface area (Å²) in [4.78, 5) is 22.4. The molecule has 3 rings (SSSR count). The van der Waals surface area contributed by atoms with Crippen LogP contribution in [0.3, 0.4) is 0 Å². The maximum atomic E-state index is 11.5. The van der Waals surface area contributed by atoms with E-state index in [0.717, 1.165) is 32.5 Å². The SMILES string of the molecule is CN=C(CC1CC(C)N(C(=N)CC2CC(C(=O)O)N(C(C)=N)C2)C1)N1CCCC1. The van der Waals surface area contributed by atoms with Crippen molar-refractivity contribution in [2.24, 2.45) is 16.8 Å². The molecule has 4 atom stereocenters. The number of hydrogen-bond acceptors (Lipinski definition) is 4. The number of hydrogen-bond donors (Lipinski definition) is 3. The van der Waals surface area contributed by atoms with E-state index in [1.807, 2.05) is 7.05 Å². The van der Waals surface area contributed by atoms with E-state index in [0.29, 0.717) is 43.0 Å². The van der Waals surface area contributed by atoms with Crippen LogP contribution >= 0.6 is 0 Å². The average Bonchev–Trinajstić information content (AvgIpc) is 3.39. The zero-order valence-corrected chi connectivity index (χ0v) is 18.0.